The molecule has 6 nitrogen and oxygen atoms in total. The summed E-state index contributed by atoms with van der Waals surface area (Å²) in [7, 11) is 0. The van der Waals surface area contributed by atoms with Gasteiger partial charge in [-0.25, -0.2) is 0 Å². The predicted molar refractivity (Wildman–Crippen MR) is 37.3 cm³/mol. The van der Waals surface area contributed by atoms with Crippen LogP contribution in [0.15, 0.2) is 0 Å². The summed E-state index contributed by atoms with van der Waals surface area (Å²) in [5, 5.41) is 27.0. The third kappa shape index (κ3) is 4.24. The normalized spacial score (nSPS) is 11.6. The summed E-state index contributed by atoms with van der Waals surface area (Å²) in [6, 6.07) is 0.466. The molecule has 0 aromatic rings. The van der Waals surface area contributed by atoms with Gasteiger partial charge in [0.1, 0.15) is 6.04 Å². The van der Waals surface area contributed by atoms with Gasteiger partial charge in [-0.3, -0.25) is 14.9 Å². The van der Waals surface area contributed by atoms with Crippen molar-refractivity contribution in [3.05, 3.63) is 0 Å². The molecule has 6 heteroatoms. The molecule has 66 valence electrons. The van der Waals surface area contributed by atoms with Crippen molar-refractivity contribution in [3.63, 3.8) is 0 Å². The number of carbonyl (C=O) groups is 2. The van der Waals surface area contributed by atoms with E-state index >= 15 is 0 Å². The van der Waals surface area contributed by atoms with Gasteiger partial charge in [0.2, 0.25) is 0 Å². The molecule has 0 rings (SSSR count). The molecule has 0 aliphatic heterocycles. The van der Waals surface area contributed by atoms with Gasteiger partial charge in [-0.05, 0) is 0 Å². The molecule has 12 heavy (non-hydrogen) atoms. The molecule has 0 fully saturated rings. The minimum absolute atomic E-state index is 0.176. The van der Waals surface area contributed by atoms with Crippen LogP contribution in [0.5, 0.6) is 0 Å². The molecule has 0 aliphatic rings. The number of aliphatic carboxylic acids is 2. The van der Waals surface area contributed by atoms with Crippen LogP contribution in [0.25, 0.3) is 0 Å². The summed E-state index contributed by atoms with van der Waals surface area (Å²) < 4.78 is 0. The van der Waals surface area contributed by atoms with E-state index in [9.17, 15) is 9.59 Å². The topological polar surface area (TPSA) is 110 Å². The molecule has 0 unspecified atom stereocenters. The van der Waals surface area contributed by atoms with E-state index in [-0.39, 0.29) is 6.54 Å². The Kier molecular flexibility index (Phi) is 4.41. The summed E-state index contributed by atoms with van der Waals surface area (Å²) in [6.45, 7) is -0.176. The first kappa shape index (κ1) is 10.4. The fourth-order valence-electron chi connectivity index (χ4n) is 0.590. The zero-order chi connectivity index (χ0) is 9.56. The van der Waals surface area contributed by atoms with Gasteiger partial charge in [0.25, 0.3) is 0 Å². The van der Waals surface area contributed by atoms with Gasteiger partial charge in [-0.1, -0.05) is 0 Å². The van der Waals surface area contributed by atoms with Crippen molar-refractivity contribution >= 4 is 11.9 Å². The summed E-state index contributed by atoms with van der Waals surface area (Å²) in [5.41, 5.74) is 0. The summed E-state index contributed by atoms with van der Waals surface area (Å²) in [5.74, 6) is -2.49. The SMILES string of the molecule is N#CCN[C@@H](CC(=O)O)C(=O)O. The zero-order valence-corrected chi connectivity index (χ0v) is 6.15. The lowest BCUT2D eigenvalue weighted by atomic mass is 10.2. The third-order valence-electron chi connectivity index (χ3n) is 1.10. The van der Waals surface area contributed by atoms with Gasteiger partial charge in [0, 0.05) is 0 Å². The smallest absolute Gasteiger partial charge is 0.321 e. The van der Waals surface area contributed by atoms with Crippen molar-refractivity contribution in [2.24, 2.45) is 0 Å². The molecule has 0 saturated heterocycles. The number of hydrogen-bond acceptors (Lipinski definition) is 4. The standard InChI is InChI=1S/C6H8N2O4/c7-1-2-8-4(6(11)12)3-5(9)10/h4,8H,2-3H2,(H,9,10)(H,11,12)/t4-/m0/s1. The first-order valence-corrected chi connectivity index (χ1v) is 3.13. The number of hydrogen-bond donors (Lipinski definition) is 3. The maximum Gasteiger partial charge on any atom is 0.321 e. The summed E-state index contributed by atoms with van der Waals surface area (Å²) in [4.78, 5) is 20.4. The Morgan fingerprint density at radius 1 is 1.50 bits per heavy atom. The highest BCUT2D eigenvalue weighted by Crippen LogP contribution is 1.91. The lowest BCUT2D eigenvalue weighted by molar-refractivity contribution is -0.145. The molecule has 0 spiro atoms. The van der Waals surface area contributed by atoms with Gasteiger partial charge in [0.05, 0.1) is 19.0 Å². The highest BCUT2D eigenvalue weighted by Gasteiger charge is 2.19. The third-order valence-corrected chi connectivity index (χ3v) is 1.10. The maximum absolute atomic E-state index is 10.3. The maximum atomic E-state index is 10.3. The number of carboxylic acid groups (broad SMARTS) is 2. The molecule has 1 atom stereocenters. The Labute approximate surface area is 68.4 Å². The Balaban J connectivity index is 3.97. The van der Waals surface area contributed by atoms with Crippen molar-refractivity contribution in [1.29, 1.82) is 5.26 Å². The molecule has 0 radical (unpaired) electrons. The highest BCUT2D eigenvalue weighted by atomic mass is 16.4. The number of nitrogens with one attached hydrogen (secondary N) is 1. The van der Waals surface area contributed by atoms with Crippen molar-refractivity contribution in [2.75, 3.05) is 6.54 Å². The van der Waals surface area contributed by atoms with Crippen LogP contribution in [0.3, 0.4) is 0 Å². The van der Waals surface area contributed by atoms with Gasteiger partial charge in [-0.15, -0.1) is 0 Å². The second kappa shape index (κ2) is 5.09. The monoisotopic (exact) mass is 172 g/mol. The average molecular weight is 172 g/mol. The van der Waals surface area contributed by atoms with Gasteiger partial charge in [0.15, 0.2) is 0 Å². The van der Waals surface area contributed by atoms with E-state index in [1.54, 1.807) is 6.07 Å². The molecule has 0 saturated carbocycles. The van der Waals surface area contributed by atoms with E-state index in [1.165, 1.54) is 0 Å². The first-order chi connectivity index (χ1) is 5.57. The number of rotatable bonds is 5. The van der Waals surface area contributed by atoms with Crippen molar-refractivity contribution < 1.29 is 19.8 Å². The second-order valence-electron chi connectivity index (χ2n) is 2.03. The van der Waals surface area contributed by atoms with Crippen LogP contribution < -0.4 is 5.32 Å². The summed E-state index contributed by atoms with van der Waals surface area (Å²) in [6.07, 6.45) is -0.531. The van der Waals surface area contributed by atoms with Crippen LogP contribution in [0, 0.1) is 11.3 Å². The lowest BCUT2D eigenvalue weighted by Gasteiger charge is -2.08. The van der Waals surface area contributed by atoms with E-state index in [1.807, 2.05) is 0 Å². The van der Waals surface area contributed by atoms with Crippen LogP contribution in [0.4, 0.5) is 0 Å². The molecule has 0 aromatic heterocycles. The van der Waals surface area contributed by atoms with E-state index in [2.05, 4.69) is 5.32 Å². The second-order valence-corrected chi connectivity index (χ2v) is 2.03. The number of nitriles is 1. The average Bonchev–Trinajstić information content (AvgIpc) is 1.96. The number of carboxylic acids is 2. The van der Waals surface area contributed by atoms with Gasteiger partial charge >= 0.3 is 11.9 Å². The van der Waals surface area contributed by atoms with Crippen molar-refractivity contribution in [3.8, 4) is 6.07 Å². The molecular formula is C6H8N2O4. The Morgan fingerprint density at radius 3 is 2.42 bits per heavy atom. The summed E-state index contributed by atoms with van der Waals surface area (Å²) >= 11 is 0. The van der Waals surface area contributed by atoms with Crippen molar-refractivity contribution in [2.45, 2.75) is 12.5 Å². The molecule has 0 aromatic carbocycles. The molecule has 0 amide bonds. The lowest BCUT2D eigenvalue weighted by Crippen LogP contribution is -2.38. The minimum atomic E-state index is -1.27. The van der Waals surface area contributed by atoms with E-state index in [0.717, 1.165) is 0 Å². The molecule has 0 aliphatic carbocycles. The van der Waals surface area contributed by atoms with E-state index in [0.29, 0.717) is 0 Å². The highest BCUT2D eigenvalue weighted by molar-refractivity contribution is 5.80. The van der Waals surface area contributed by atoms with E-state index < -0.39 is 24.4 Å². The minimum Gasteiger partial charge on any atom is -0.481 e. The van der Waals surface area contributed by atoms with Gasteiger partial charge < -0.3 is 10.2 Å². The van der Waals surface area contributed by atoms with Gasteiger partial charge in [-0.2, -0.15) is 5.26 Å². The first-order valence-electron chi connectivity index (χ1n) is 3.13. The largest absolute Gasteiger partial charge is 0.481 e. The van der Waals surface area contributed by atoms with Crippen LogP contribution in [-0.4, -0.2) is 34.7 Å². The zero-order valence-electron chi connectivity index (χ0n) is 6.15. The molecular weight excluding hydrogens is 164 g/mol. The number of nitrogens with zero attached hydrogens (tertiary/aromatic N) is 1. The Morgan fingerprint density at radius 2 is 2.08 bits per heavy atom. The Hall–Kier alpha value is -1.61. The van der Waals surface area contributed by atoms with Crippen LogP contribution in [0.1, 0.15) is 6.42 Å². The fourth-order valence-corrected chi connectivity index (χ4v) is 0.590. The Bertz CT molecular complexity index is 220. The molecule has 0 bridgehead atoms. The molecule has 0 heterocycles. The van der Waals surface area contributed by atoms with Crippen LogP contribution in [0.2, 0.25) is 0 Å². The molecule has 3 N–H and O–H groups in total. The fraction of sp³-hybridized carbons (Fsp3) is 0.500. The van der Waals surface area contributed by atoms with Crippen molar-refractivity contribution in [1.82, 2.24) is 5.32 Å². The predicted octanol–water partition coefficient (Wildman–Crippen LogP) is -0.973. The van der Waals surface area contributed by atoms with Crippen LogP contribution >= 0.6 is 0 Å². The van der Waals surface area contributed by atoms with Crippen LogP contribution in [-0.2, 0) is 9.59 Å². The van der Waals surface area contributed by atoms with E-state index in [4.69, 9.17) is 15.5 Å². The quantitative estimate of drug-likeness (QED) is 0.460.